The normalized spacial score (nSPS) is 14.8. The smallest absolute Gasteiger partial charge is 0.00436 e. The molecule has 0 saturated carbocycles. The highest BCUT2D eigenvalue weighted by Gasteiger charge is 2.19. The van der Waals surface area contributed by atoms with E-state index >= 15 is 0 Å². The zero-order valence-corrected chi connectivity index (χ0v) is 9.41. The van der Waals surface area contributed by atoms with Crippen molar-refractivity contribution < 1.29 is 0 Å². The molecule has 1 heteroatoms. The zero-order chi connectivity index (χ0) is 9.61. The Balaban J connectivity index is 3.70. The maximum absolute atomic E-state index is 3.46. The Hall–Kier alpha value is -0.0400. The molecule has 0 radical (unpaired) electrons. The van der Waals surface area contributed by atoms with Crippen molar-refractivity contribution in [2.75, 3.05) is 6.54 Å². The molecule has 0 rings (SSSR count). The monoisotopic (exact) mass is 171 g/mol. The van der Waals surface area contributed by atoms with Crippen LogP contribution >= 0.6 is 0 Å². The molecule has 0 heterocycles. The summed E-state index contributed by atoms with van der Waals surface area (Å²) >= 11 is 0. The van der Waals surface area contributed by atoms with Crippen molar-refractivity contribution in [3.63, 3.8) is 0 Å². The van der Waals surface area contributed by atoms with Crippen LogP contribution in [0, 0.1) is 5.41 Å². The predicted molar refractivity (Wildman–Crippen MR) is 56.4 cm³/mol. The van der Waals surface area contributed by atoms with E-state index in [0.717, 1.165) is 6.54 Å². The highest BCUT2D eigenvalue weighted by atomic mass is 14.9. The van der Waals surface area contributed by atoms with Crippen molar-refractivity contribution in [2.45, 2.75) is 59.9 Å². The molecule has 0 aromatic heterocycles. The van der Waals surface area contributed by atoms with Gasteiger partial charge in [-0.1, -0.05) is 34.1 Å². The van der Waals surface area contributed by atoms with Crippen LogP contribution in [0.4, 0.5) is 0 Å². The first-order chi connectivity index (χ1) is 5.52. The summed E-state index contributed by atoms with van der Waals surface area (Å²) in [6.07, 6.45) is 3.92. The third-order valence-corrected chi connectivity index (χ3v) is 2.34. The average molecular weight is 171 g/mol. The van der Waals surface area contributed by atoms with Gasteiger partial charge in [0.1, 0.15) is 0 Å². The van der Waals surface area contributed by atoms with Gasteiger partial charge in [0.15, 0.2) is 0 Å². The molecule has 0 amide bonds. The summed E-state index contributed by atoms with van der Waals surface area (Å²) in [6, 6.07) is 0.663. The van der Waals surface area contributed by atoms with E-state index in [0.29, 0.717) is 11.5 Å². The Labute approximate surface area is 77.9 Å². The molecule has 0 aliphatic heterocycles. The molecule has 0 aromatic carbocycles. The average Bonchev–Trinajstić information content (AvgIpc) is 1.85. The van der Waals surface area contributed by atoms with Crippen molar-refractivity contribution in [1.29, 1.82) is 0 Å². The Morgan fingerprint density at radius 2 is 1.83 bits per heavy atom. The molecule has 74 valence electrons. The van der Waals surface area contributed by atoms with Crippen LogP contribution in [0.2, 0.25) is 0 Å². The molecule has 0 aromatic rings. The van der Waals surface area contributed by atoms with E-state index in [1.807, 2.05) is 0 Å². The van der Waals surface area contributed by atoms with Crippen LogP contribution in [0.1, 0.15) is 53.9 Å². The van der Waals surface area contributed by atoms with Crippen LogP contribution in [-0.2, 0) is 0 Å². The van der Waals surface area contributed by atoms with E-state index in [1.165, 1.54) is 19.3 Å². The fraction of sp³-hybridized carbons (Fsp3) is 1.00. The summed E-state index contributed by atoms with van der Waals surface area (Å²) in [7, 11) is 0. The minimum atomic E-state index is 0.510. The molecule has 0 aliphatic rings. The lowest BCUT2D eigenvalue weighted by Crippen LogP contribution is -2.30. The highest BCUT2D eigenvalue weighted by Crippen LogP contribution is 2.27. The number of nitrogens with one attached hydrogen (secondary N) is 1. The minimum absolute atomic E-state index is 0.510. The van der Waals surface area contributed by atoms with Crippen molar-refractivity contribution >= 4 is 0 Å². The second kappa shape index (κ2) is 5.58. The van der Waals surface area contributed by atoms with Gasteiger partial charge in [-0.25, -0.2) is 0 Å². The standard InChI is InChI=1S/C11H25N/c1-6-8-11(4,5)9-10(3)12-7-2/h10,12H,6-9H2,1-5H3. The Morgan fingerprint density at radius 3 is 2.25 bits per heavy atom. The summed E-state index contributed by atoms with van der Waals surface area (Å²) in [5.74, 6) is 0. The van der Waals surface area contributed by atoms with Crippen molar-refractivity contribution in [1.82, 2.24) is 5.32 Å². The van der Waals surface area contributed by atoms with Crippen LogP contribution in [0.3, 0.4) is 0 Å². The number of hydrogen-bond acceptors (Lipinski definition) is 1. The molecule has 1 unspecified atom stereocenters. The molecule has 1 N–H and O–H groups in total. The van der Waals surface area contributed by atoms with Gasteiger partial charge in [0.05, 0.1) is 0 Å². The van der Waals surface area contributed by atoms with Gasteiger partial charge in [-0.15, -0.1) is 0 Å². The topological polar surface area (TPSA) is 12.0 Å². The summed E-state index contributed by atoms with van der Waals surface area (Å²) in [4.78, 5) is 0. The van der Waals surface area contributed by atoms with Gasteiger partial charge < -0.3 is 5.32 Å². The molecular formula is C11H25N. The first-order valence-corrected chi connectivity index (χ1v) is 5.25. The van der Waals surface area contributed by atoms with Crippen LogP contribution < -0.4 is 5.32 Å². The third kappa shape index (κ3) is 5.59. The quantitative estimate of drug-likeness (QED) is 0.647. The molecule has 0 spiro atoms. The highest BCUT2D eigenvalue weighted by molar-refractivity contribution is 4.74. The van der Waals surface area contributed by atoms with Gasteiger partial charge in [0, 0.05) is 6.04 Å². The second-order valence-electron chi connectivity index (χ2n) is 4.58. The lowest BCUT2D eigenvalue weighted by molar-refractivity contribution is 0.267. The lowest BCUT2D eigenvalue weighted by atomic mass is 9.82. The predicted octanol–water partition coefficient (Wildman–Crippen LogP) is 3.20. The van der Waals surface area contributed by atoms with Gasteiger partial charge in [-0.3, -0.25) is 0 Å². The molecule has 0 fully saturated rings. The van der Waals surface area contributed by atoms with E-state index in [1.54, 1.807) is 0 Å². The molecule has 0 aliphatic carbocycles. The summed E-state index contributed by atoms with van der Waals surface area (Å²) in [6.45, 7) is 12.5. The number of rotatable bonds is 6. The Kier molecular flexibility index (Phi) is 5.56. The summed E-state index contributed by atoms with van der Waals surface area (Å²) in [5, 5.41) is 3.46. The Bertz CT molecular complexity index is 108. The minimum Gasteiger partial charge on any atom is -0.315 e. The molecule has 1 atom stereocenters. The van der Waals surface area contributed by atoms with Gasteiger partial charge in [-0.2, -0.15) is 0 Å². The van der Waals surface area contributed by atoms with Crippen molar-refractivity contribution in [3.05, 3.63) is 0 Å². The van der Waals surface area contributed by atoms with Crippen LogP contribution in [0.25, 0.3) is 0 Å². The second-order valence-corrected chi connectivity index (χ2v) is 4.58. The van der Waals surface area contributed by atoms with E-state index in [4.69, 9.17) is 0 Å². The largest absolute Gasteiger partial charge is 0.315 e. The maximum atomic E-state index is 3.46. The van der Waals surface area contributed by atoms with Gasteiger partial charge in [-0.05, 0) is 31.7 Å². The Morgan fingerprint density at radius 1 is 1.25 bits per heavy atom. The first kappa shape index (κ1) is 12.0. The summed E-state index contributed by atoms with van der Waals surface area (Å²) < 4.78 is 0. The first-order valence-electron chi connectivity index (χ1n) is 5.25. The molecular weight excluding hydrogens is 146 g/mol. The zero-order valence-electron chi connectivity index (χ0n) is 9.41. The fourth-order valence-electron chi connectivity index (χ4n) is 2.03. The summed E-state index contributed by atoms with van der Waals surface area (Å²) in [5.41, 5.74) is 0.510. The van der Waals surface area contributed by atoms with Crippen LogP contribution in [0.5, 0.6) is 0 Å². The molecule has 0 bridgehead atoms. The SMILES string of the molecule is CCCC(C)(C)CC(C)NCC. The molecule has 1 nitrogen and oxygen atoms in total. The van der Waals surface area contributed by atoms with E-state index in [9.17, 15) is 0 Å². The lowest BCUT2D eigenvalue weighted by Gasteiger charge is -2.27. The van der Waals surface area contributed by atoms with Crippen LogP contribution in [-0.4, -0.2) is 12.6 Å². The fourth-order valence-corrected chi connectivity index (χ4v) is 2.03. The van der Waals surface area contributed by atoms with E-state index < -0.39 is 0 Å². The number of hydrogen-bond donors (Lipinski definition) is 1. The van der Waals surface area contributed by atoms with E-state index in [-0.39, 0.29) is 0 Å². The van der Waals surface area contributed by atoms with Gasteiger partial charge in [0.2, 0.25) is 0 Å². The van der Waals surface area contributed by atoms with Crippen LogP contribution in [0.15, 0.2) is 0 Å². The third-order valence-electron chi connectivity index (χ3n) is 2.34. The molecule has 0 saturated heterocycles. The van der Waals surface area contributed by atoms with Gasteiger partial charge in [0.25, 0.3) is 0 Å². The van der Waals surface area contributed by atoms with Crippen molar-refractivity contribution in [2.24, 2.45) is 5.41 Å². The van der Waals surface area contributed by atoms with Crippen molar-refractivity contribution in [3.8, 4) is 0 Å². The molecule has 12 heavy (non-hydrogen) atoms. The van der Waals surface area contributed by atoms with E-state index in [2.05, 4.69) is 39.9 Å². The maximum Gasteiger partial charge on any atom is 0.00436 e. The van der Waals surface area contributed by atoms with Gasteiger partial charge >= 0.3 is 0 Å².